The minimum absolute atomic E-state index is 0.0743. The van der Waals surface area contributed by atoms with Gasteiger partial charge in [-0.2, -0.15) is 0 Å². The van der Waals surface area contributed by atoms with E-state index in [2.05, 4.69) is 10.1 Å². The van der Waals surface area contributed by atoms with Crippen LogP contribution in [0.1, 0.15) is 26.7 Å². The zero-order valence-corrected chi connectivity index (χ0v) is 14.8. The summed E-state index contributed by atoms with van der Waals surface area (Å²) in [5.74, 6) is 0.467. The van der Waals surface area contributed by atoms with Crippen molar-refractivity contribution in [2.75, 3.05) is 13.6 Å². The fraction of sp³-hybridized carbons (Fsp3) is 0.278. The van der Waals surface area contributed by atoms with E-state index in [0.717, 1.165) is 17.7 Å². The lowest BCUT2D eigenvalue weighted by molar-refractivity contribution is 0.0795. The summed E-state index contributed by atoms with van der Waals surface area (Å²) in [4.78, 5) is 20.0. The maximum atomic E-state index is 12.9. The number of likely N-dealkylation sites (N-methyl/N-ethyl adjacent to an activating group) is 1. The molecule has 0 radical (unpaired) electrons. The van der Waals surface area contributed by atoms with E-state index in [1.807, 2.05) is 42.8 Å². The van der Waals surface area contributed by atoms with Crippen molar-refractivity contribution in [3.05, 3.63) is 57.7 Å². The number of nitrogens with zero attached hydrogens (tertiary/aromatic N) is 3. The zero-order valence-electron chi connectivity index (χ0n) is 13.9. The number of carbonyl (C=O) groups is 1. The largest absolute Gasteiger partial charge is 0.360 e. The number of amides is 1. The monoisotopic (exact) mass is 341 g/mol. The number of carbonyl (C=O) groups excluding carboxylic acids is 1. The highest BCUT2D eigenvalue weighted by Crippen LogP contribution is 2.26. The van der Waals surface area contributed by atoms with Crippen LogP contribution in [0.5, 0.6) is 0 Å². The molecule has 0 saturated carbocycles. The SMILES string of the molecule is Cc1ncsc1CCN(C)C(=O)c1c(-c2ccccc2)noc1C. The lowest BCUT2D eigenvalue weighted by atomic mass is 10.1. The van der Waals surface area contributed by atoms with Crippen molar-refractivity contribution in [3.8, 4) is 11.3 Å². The van der Waals surface area contributed by atoms with Gasteiger partial charge in [-0.1, -0.05) is 35.5 Å². The van der Waals surface area contributed by atoms with Crippen molar-refractivity contribution in [2.45, 2.75) is 20.3 Å². The smallest absolute Gasteiger partial charge is 0.259 e. The molecule has 0 spiro atoms. The summed E-state index contributed by atoms with van der Waals surface area (Å²) in [6.07, 6.45) is 0.795. The van der Waals surface area contributed by atoms with Gasteiger partial charge in [-0.05, 0) is 13.8 Å². The van der Waals surface area contributed by atoms with Gasteiger partial charge in [-0.25, -0.2) is 4.98 Å². The Bertz CT molecular complexity index is 839. The molecule has 0 N–H and O–H groups in total. The van der Waals surface area contributed by atoms with E-state index < -0.39 is 0 Å². The first kappa shape index (κ1) is 16.4. The van der Waals surface area contributed by atoms with Gasteiger partial charge < -0.3 is 9.42 Å². The summed E-state index contributed by atoms with van der Waals surface area (Å²) >= 11 is 1.62. The van der Waals surface area contributed by atoms with Crippen molar-refractivity contribution in [1.29, 1.82) is 0 Å². The number of benzene rings is 1. The molecule has 0 saturated heterocycles. The van der Waals surface area contributed by atoms with Crippen LogP contribution in [0.4, 0.5) is 0 Å². The predicted molar refractivity (Wildman–Crippen MR) is 94.2 cm³/mol. The second-order valence-corrected chi connectivity index (χ2v) is 6.61. The molecule has 3 aromatic rings. The Hall–Kier alpha value is -2.47. The third-order valence-electron chi connectivity index (χ3n) is 3.99. The normalized spacial score (nSPS) is 10.8. The molecule has 1 amide bonds. The summed E-state index contributed by atoms with van der Waals surface area (Å²) in [7, 11) is 1.81. The summed E-state index contributed by atoms with van der Waals surface area (Å²) in [5.41, 5.74) is 4.88. The van der Waals surface area contributed by atoms with E-state index in [9.17, 15) is 4.79 Å². The van der Waals surface area contributed by atoms with Crippen molar-refractivity contribution in [1.82, 2.24) is 15.0 Å². The van der Waals surface area contributed by atoms with Gasteiger partial charge in [0.2, 0.25) is 0 Å². The minimum atomic E-state index is -0.0743. The first-order valence-corrected chi connectivity index (χ1v) is 8.62. The van der Waals surface area contributed by atoms with E-state index >= 15 is 0 Å². The number of thiazole rings is 1. The fourth-order valence-corrected chi connectivity index (χ4v) is 3.32. The van der Waals surface area contributed by atoms with Crippen LogP contribution in [-0.2, 0) is 6.42 Å². The van der Waals surface area contributed by atoms with E-state index in [0.29, 0.717) is 23.6 Å². The van der Waals surface area contributed by atoms with Gasteiger partial charge in [0.05, 0.1) is 11.2 Å². The Labute approximate surface area is 144 Å². The number of rotatable bonds is 5. The molecule has 2 aromatic heterocycles. The molecule has 0 bridgehead atoms. The third kappa shape index (κ3) is 3.23. The van der Waals surface area contributed by atoms with Gasteiger partial charge in [0, 0.05) is 30.5 Å². The van der Waals surface area contributed by atoms with E-state index in [1.165, 1.54) is 4.88 Å². The number of aromatic nitrogens is 2. The highest BCUT2D eigenvalue weighted by atomic mass is 32.1. The van der Waals surface area contributed by atoms with Crippen LogP contribution in [0.15, 0.2) is 40.4 Å². The summed E-state index contributed by atoms with van der Waals surface area (Å²) < 4.78 is 5.29. The molecule has 0 aliphatic rings. The number of hydrogen-bond donors (Lipinski definition) is 0. The molecular formula is C18H19N3O2S. The molecule has 0 unspecified atom stereocenters. The van der Waals surface area contributed by atoms with Crippen LogP contribution in [0.25, 0.3) is 11.3 Å². The first-order valence-electron chi connectivity index (χ1n) is 7.74. The standard InChI is InChI=1S/C18H19N3O2S/c1-12-15(24-11-19-12)9-10-21(3)18(22)16-13(2)23-20-17(16)14-7-5-4-6-8-14/h4-8,11H,9-10H2,1-3H3. The van der Waals surface area contributed by atoms with Gasteiger partial charge in [-0.3, -0.25) is 4.79 Å². The van der Waals surface area contributed by atoms with Crippen LogP contribution >= 0.6 is 11.3 Å². The summed E-state index contributed by atoms with van der Waals surface area (Å²) in [6.45, 7) is 4.39. The molecule has 2 heterocycles. The van der Waals surface area contributed by atoms with Gasteiger partial charge in [0.1, 0.15) is 17.0 Å². The Balaban J connectivity index is 1.80. The van der Waals surface area contributed by atoms with Crippen molar-refractivity contribution >= 4 is 17.2 Å². The molecule has 124 valence electrons. The number of aryl methyl sites for hydroxylation is 2. The van der Waals surface area contributed by atoms with Gasteiger partial charge in [-0.15, -0.1) is 11.3 Å². The second kappa shape index (κ2) is 6.97. The Morgan fingerprint density at radius 1 is 1.25 bits per heavy atom. The molecule has 1 aromatic carbocycles. The lowest BCUT2D eigenvalue weighted by Gasteiger charge is -2.17. The van der Waals surface area contributed by atoms with E-state index in [4.69, 9.17) is 4.52 Å². The van der Waals surface area contributed by atoms with Crippen LogP contribution in [0, 0.1) is 13.8 Å². The molecule has 5 nitrogen and oxygen atoms in total. The molecule has 0 atom stereocenters. The van der Waals surface area contributed by atoms with Crippen LogP contribution in [-0.4, -0.2) is 34.5 Å². The fourth-order valence-electron chi connectivity index (χ4n) is 2.54. The molecule has 0 fully saturated rings. The van der Waals surface area contributed by atoms with Crippen molar-refractivity contribution < 1.29 is 9.32 Å². The van der Waals surface area contributed by atoms with Gasteiger partial charge >= 0.3 is 0 Å². The summed E-state index contributed by atoms with van der Waals surface area (Å²) in [5, 5.41) is 4.08. The van der Waals surface area contributed by atoms with Crippen LogP contribution in [0.2, 0.25) is 0 Å². The van der Waals surface area contributed by atoms with Crippen LogP contribution in [0.3, 0.4) is 0 Å². The summed E-state index contributed by atoms with van der Waals surface area (Å²) in [6, 6.07) is 9.62. The predicted octanol–water partition coefficient (Wildman–Crippen LogP) is 3.73. The number of hydrogen-bond acceptors (Lipinski definition) is 5. The van der Waals surface area contributed by atoms with E-state index in [-0.39, 0.29) is 5.91 Å². The highest BCUT2D eigenvalue weighted by molar-refractivity contribution is 7.09. The maximum Gasteiger partial charge on any atom is 0.259 e. The third-order valence-corrected chi connectivity index (χ3v) is 4.98. The first-order chi connectivity index (χ1) is 11.6. The Kier molecular flexibility index (Phi) is 4.76. The van der Waals surface area contributed by atoms with E-state index in [1.54, 1.807) is 30.2 Å². The molecule has 6 heteroatoms. The Morgan fingerprint density at radius 3 is 2.67 bits per heavy atom. The highest BCUT2D eigenvalue weighted by Gasteiger charge is 2.24. The zero-order chi connectivity index (χ0) is 17.1. The van der Waals surface area contributed by atoms with Gasteiger partial charge in [0.15, 0.2) is 0 Å². The second-order valence-electron chi connectivity index (χ2n) is 5.67. The molecule has 3 rings (SSSR count). The minimum Gasteiger partial charge on any atom is -0.360 e. The lowest BCUT2D eigenvalue weighted by Crippen LogP contribution is -2.29. The topological polar surface area (TPSA) is 59.2 Å². The van der Waals surface area contributed by atoms with Gasteiger partial charge in [0.25, 0.3) is 5.91 Å². The maximum absolute atomic E-state index is 12.9. The molecular weight excluding hydrogens is 322 g/mol. The molecule has 0 aliphatic carbocycles. The average molecular weight is 341 g/mol. The van der Waals surface area contributed by atoms with Crippen LogP contribution < -0.4 is 0 Å². The Morgan fingerprint density at radius 2 is 2.00 bits per heavy atom. The van der Waals surface area contributed by atoms with Crippen molar-refractivity contribution in [3.63, 3.8) is 0 Å². The quantitative estimate of drug-likeness (QED) is 0.709. The molecule has 0 aliphatic heterocycles. The average Bonchev–Trinajstić information content (AvgIpc) is 3.18. The van der Waals surface area contributed by atoms with Crippen molar-refractivity contribution in [2.24, 2.45) is 0 Å². The molecule has 24 heavy (non-hydrogen) atoms.